The topological polar surface area (TPSA) is 56.1 Å². The van der Waals surface area contributed by atoms with Gasteiger partial charge in [-0.15, -0.1) is 0 Å². The van der Waals surface area contributed by atoms with Crippen molar-refractivity contribution in [1.82, 2.24) is 5.32 Å². The van der Waals surface area contributed by atoms with Crippen LogP contribution in [-0.4, -0.2) is 19.0 Å². The Kier molecular flexibility index (Phi) is 6.12. The number of piperidine rings is 1. The number of carbonyl (C=O) groups excluding carboxylic acids is 1. The zero-order valence-corrected chi connectivity index (χ0v) is 16.7. The van der Waals surface area contributed by atoms with Crippen molar-refractivity contribution in [1.29, 1.82) is 5.26 Å². The van der Waals surface area contributed by atoms with E-state index in [0.29, 0.717) is 38.0 Å². The summed E-state index contributed by atoms with van der Waals surface area (Å²) in [6, 6.07) is 12.4. The molecule has 0 radical (unpaired) electrons. The predicted octanol–water partition coefficient (Wildman–Crippen LogP) is 4.30. The fourth-order valence-corrected chi connectivity index (χ4v) is 3.81. The fourth-order valence-electron chi connectivity index (χ4n) is 3.42. The maximum Gasteiger partial charge on any atom is 0.223 e. The highest BCUT2D eigenvalue weighted by Gasteiger charge is 2.26. The Balaban J connectivity index is 1.57. The predicted molar refractivity (Wildman–Crippen MR) is 107 cm³/mol. The maximum atomic E-state index is 13.3. The third-order valence-electron chi connectivity index (χ3n) is 4.94. The molecule has 1 saturated heterocycles. The number of nitrogens with one attached hydrogen (secondary N) is 1. The zero-order valence-electron chi connectivity index (χ0n) is 15.1. The molecule has 1 N–H and O–H groups in total. The first-order valence-corrected chi connectivity index (χ1v) is 9.74. The van der Waals surface area contributed by atoms with Crippen molar-refractivity contribution in [2.75, 3.05) is 18.0 Å². The Morgan fingerprint density at radius 1 is 1.30 bits per heavy atom. The van der Waals surface area contributed by atoms with Gasteiger partial charge in [0.1, 0.15) is 11.9 Å². The molecule has 27 heavy (non-hydrogen) atoms. The Bertz CT molecular complexity index is 885. The molecule has 140 valence electrons. The Labute approximate surface area is 167 Å². The summed E-state index contributed by atoms with van der Waals surface area (Å²) in [4.78, 5) is 14.6. The van der Waals surface area contributed by atoms with E-state index in [2.05, 4.69) is 38.3 Å². The number of aryl methyl sites for hydroxylation is 1. The van der Waals surface area contributed by atoms with E-state index < -0.39 is 5.82 Å². The third kappa shape index (κ3) is 4.67. The van der Waals surface area contributed by atoms with E-state index in [-0.39, 0.29) is 11.8 Å². The lowest BCUT2D eigenvalue weighted by Gasteiger charge is -2.33. The molecule has 0 spiro atoms. The molecule has 3 rings (SSSR count). The van der Waals surface area contributed by atoms with Crippen LogP contribution in [0.15, 0.2) is 40.9 Å². The second kappa shape index (κ2) is 8.53. The van der Waals surface area contributed by atoms with Crippen molar-refractivity contribution in [3.63, 3.8) is 0 Å². The van der Waals surface area contributed by atoms with Crippen molar-refractivity contribution < 1.29 is 9.18 Å². The van der Waals surface area contributed by atoms with E-state index in [1.807, 2.05) is 19.1 Å². The maximum absolute atomic E-state index is 13.3. The van der Waals surface area contributed by atoms with Crippen LogP contribution in [0.25, 0.3) is 0 Å². The number of halogens is 2. The smallest absolute Gasteiger partial charge is 0.223 e. The molecule has 0 saturated carbocycles. The molecule has 1 amide bonds. The molecule has 2 aromatic carbocycles. The number of anilines is 1. The van der Waals surface area contributed by atoms with Gasteiger partial charge in [0, 0.05) is 30.0 Å². The molecule has 2 aromatic rings. The van der Waals surface area contributed by atoms with Crippen LogP contribution in [0.1, 0.15) is 29.5 Å². The van der Waals surface area contributed by atoms with Crippen LogP contribution in [0.2, 0.25) is 0 Å². The summed E-state index contributed by atoms with van der Waals surface area (Å²) >= 11 is 3.52. The second-order valence-electron chi connectivity index (χ2n) is 6.85. The van der Waals surface area contributed by atoms with Crippen LogP contribution < -0.4 is 10.2 Å². The first-order chi connectivity index (χ1) is 13.0. The molecule has 1 fully saturated rings. The highest BCUT2D eigenvalue weighted by Crippen LogP contribution is 2.27. The highest BCUT2D eigenvalue weighted by molar-refractivity contribution is 9.10. The van der Waals surface area contributed by atoms with E-state index in [0.717, 1.165) is 21.3 Å². The first kappa shape index (κ1) is 19.4. The van der Waals surface area contributed by atoms with E-state index in [9.17, 15) is 14.4 Å². The van der Waals surface area contributed by atoms with Gasteiger partial charge < -0.3 is 10.2 Å². The largest absolute Gasteiger partial charge is 0.370 e. The molecular formula is C21H21BrFN3O. The van der Waals surface area contributed by atoms with Crippen molar-refractivity contribution in [3.05, 3.63) is 63.4 Å². The molecule has 1 heterocycles. The van der Waals surface area contributed by atoms with Crippen molar-refractivity contribution in [2.45, 2.75) is 26.3 Å². The van der Waals surface area contributed by atoms with Crippen LogP contribution in [0.4, 0.5) is 10.1 Å². The molecule has 1 aliphatic heterocycles. The number of carbonyl (C=O) groups is 1. The highest BCUT2D eigenvalue weighted by atomic mass is 79.9. The zero-order chi connectivity index (χ0) is 19.4. The summed E-state index contributed by atoms with van der Waals surface area (Å²) in [6.07, 6.45) is 1.42. The standard InChI is InChI=1S/C21H21BrFN3O/c1-14-2-4-19(22)17(10-14)13-25-21(27)15-6-8-26(9-7-15)20-5-3-18(23)11-16(20)12-24/h2-5,10-11,15H,6-9,13H2,1H3,(H,25,27). The molecule has 6 heteroatoms. The summed E-state index contributed by atoms with van der Waals surface area (Å²) in [7, 11) is 0. The van der Waals surface area contributed by atoms with Gasteiger partial charge in [0.15, 0.2) is 0 Å². The molecule has 0 aromatic heterocycles. The number of benzene rings is 2. The number of nitriles is 1. The monoisotopic (exact) mass is 429 g/mol. The number of hydrogen-bond acceptors (Lipinski definition) is 3. The Morgan fingerprint density at radius 3 is 2.74 bits per heavy atom. The van der Waals surface area contributed by atoms with Gasteiger partial charge in [-0.25, -0.2) is 4.39 Å². The molecule has 4 nitrogen and oxygen atoms in total. The lowest BCUT2D eigenvalue weighted by Crippen LogP contribution is -2.40. The van der Waals surface area contributed by atoms with Gasteiger partial charge in [-0.2, -0.15) is 5.26 Å². The lowest BCUT2D eigenvalue weighted by atomic mass is 9.95. The van der Waals surface area contributed by atoms with Gasteiger partial charge in [-0.1, -0.05) is 33.6 Å². The van der Waals surface area contributed by atoms with E-state index in [1.54, 1.807) is 6.07 Å². The van der Waals surface area contributed by atoms with Gasteiger partial charge in [0.05, 0.1) is 11.3 Å². The number of amides is 1. The Hall–Kier alpha value is -2.39. The van der Waals surface area contributed by atoms with Crippen molar-refractivity contribution in [2.24, 2.45) is 5.92 Å². The Morgan fingerprint density at radius 2 is 2.04 bits per heavy atom. The van der Waals surface area contributed by atoms with E-state index >= 15 is 0 Å². The summed E-state index contributed by atoms with van der Waals surface area (Å²) in [5.41, 5.74) is 3.29. The molecule has 0 aliphatic carbocycles. The molecule has 0 bridgehead atoms. The minimum absolute atomic E-state index is 0.0455. The molecule has 0 unspecified atom stereocenters. The summed E-state index contributed by atoms with van der Waals surface area (Å²) in [5.74, 6) is -0.398. The molecule has 1 aliphatic rings. The average molecular weight is 430 g/mol. The van der Waals surface area contributed by atoms with Crippen LogP contribution in [0.3, 0.4) is 0 Å². The van der Waals surface area contributed by atoms with Crippen molar-refractivity contribution >= 4 is 27.5 Å². The summed E-state index contributed by atoms with van der Waals surface area (Å²) in [6.45, 7) is 3.87. The fraction of sp³-hybridized carbons (Fsp3) is 0.333. The lowest BCUT2D eigenvalue weighted by molar-refractivity contribution is -0.125. The first-order valence-electron chi connectivity index (χ1n) is 8.95. The SMILES string of the molecule is Cc1ccc(Br)c(CNC(=O)C2CCN(c3ccc(F)cc3C#N)CC2)c1. The van der Waals surface area contributed by atoms with E-state index in [1.165, 1.54) is 12.1 Å². The van der Waals surface area contributed by atoms with Crippen molar-refractivity contribution in [3.8, 4) is 6.07 Å². The van der Waals surface area contributed by atoms with Gasteiger partial charge in [-0.05, 0) is 49.6 Å². The molecular weight excluding hydrogens is 409 g/mol. The van der Waals surface area contributed by atoms with Crippen LogP contribution >= 0.6 is 15.9 Å². The molecule has 0 atom stereocenters. The van der Waals surface area contributed by atoms with Crippen LogP contribution in [0, 0.1) is 30.0 Å². The minimum Gasteiger partial charge on any atom is -0.370 e. The summed E-state index contributed by atoms with van der Waals surface area (Å²) < 4.78 is 14.3. The van der Waals surface area contributed by atoms with Gasteiger partial charge in [-0.3, -0.25) is 4.79 Å². The number of nitrogens with zero attached hydrogens (tertiary/aromatic N) is 2. The average Bonchev–Trinajstić information content (AvgIpc) is 2.68. The number of rotatable bonds is 4. The van der Waals surface area contributed by atoms with Crippen LogP contribution in [-0.2, 0) is 11.3 Å². The van der Waals surface area contributed by atoms with Gasteiger partial charge >= 0.3 is 0 Å². The number of hydrogen-bond donors (Lipinski definition) is 1. The minimum atomic E-state index is -0.410. The van der Waals surface area contributed by atoms with Gasteiger partial charge in [0.25, 0.3) is 0 Å². The summed E-state index contributed by atoms with van der Waals surface area (Å²) in [5, 5.41) is 12.3. The van der Waals surface area contributed by atoms with E-state index in [4.69, 9.17) is 0 Å². The normalized spacial score (nSPS) is 14.7. The van der Waals surface area contributed by atoms with Crippen LogP contribution in [0.5, 0.6) is 0 Å². The van der Waals surface area contributed by atoms with Gasteiger partial charge in [0.2, 0.25) is 5.91 Å². The quantitative estimate of drug-likeness (QED) is 0.787. The second-order valence-corrected chi connectivity index (χ2v) is 7.70. The third-order valence-corrected chi connectivity index (χ3v) is 5.71.